The number of guanidine groups is 1. The van der Waals surface area contributed by atoms with E-state index in [0.29, 0.717) is 51.9 Å². The summed E-state index contributed by atoms with van der Waals surface area (Å²) in [5.41, 5.74) is 1.06. The molecule has 0 radical (unpaired) electrons. The fraction of sp³-hybridized carbons (Fsp3) is 0.684. The smallest absolute Gasteiger partial charge is 0.378 e. The molecular weight excluding hydrogens is 512 g/mol. The molecule has 1 N–H and O–H groups in total. The number of morpholine rings is 1. The molecule has 1 aromatic rings. The monoisotopic (exact) mass is 542 g/mol. The Morgan fingerprint density at radius 3 is 2.47 bits per heavy atom. The maximum atomic E-state index is 12.9. The lowest BCUT2D eigenvalue weighted by Gasteiger charge is -2.39. The number of ether oxygens (including phenoxy) is 1. The van der Waals surface area contributed by atoms with Crippen molar-refractivity contribution in [3.63, 3.8) is 0 Å². The first-order valence-electron chi connectivity index (χ1n) is 9.93. The van der Waals surface area contributed by atoms with Crippen molar-refractivity contribution < 1.29 is 17.9 Å². The van der Waals surface area contributed by atoms with Gasteiger partial charge in [-0.25, -0.2) is 4.98 Å². The second-order valence-electron chi connectivity index (χ2n) is 7.23. The standard InChI is InChI=1S/C19H29F3N6O.HI/c1-15(19(20,21)22)26-6-8-28(9-7-26)18(23-2)25-14-16-4-3-5-24-17(16)27-10-12-29-13-11-27;/h3-5,15H,6-14H2,1-2H3,(H,23,25);1H. The van der Waals surface area contributed by atoms with Crippen LogP contribution in [0.3, 0.4) is 0 Å². The molecule has 2 saturated heterocycles. The number of anilines is 1. The molecule has 2 aliphatic rings. The van der Waals surface area contributed by atoms with Crippen LogP contribution < -0.4 is 10.2 Å². The molecule has 170 valence electrons. The molecule has 0 saturated carbocycles. The van der Waals surface area contributed by atoms with Crippen molar-refractivity contribution in [2.24, 2.45) is 4.99 Å². The maximum absolute atomic E-state index is 12.9. The van der Waals surface area contributed by atoms with E-state index in [1.165, 1.54) is 11.8 Å². The van der Waals surface area contributed by atoms with E-state index in [0.717, 1.165) is 24.5 Å². The highest BCUT2D eigenvalue weighted by atomic mass is 127. The van der Waals surface area contributed by atoms with Gasteiger partial charge in [0.25, 0.3) is 0 Å². The van der Waals surface area contributed by atoms with Crippen molar-refractivity contribution in [3.05, 3.63) is 23.9 Å². The number of hydrogen-bond donors (Lipinski definition) is 1. The molecule has 2 fully saturated rings. The van der Waals surface area contributed by atoms with Gasteiger partial charge in [-0.15, -0.1) is 24.0 Å². The first kappa shape index (κ1) is 24.9. The molecular formula is C19H30F3IN6O. The van der Waals surface area contributed by atoms with Gasteiger partial charge in [0.05, 0.1) is 13.2 Å². The van der Waals surface area contributed by atoms with E-state index in [1.807, 2.05) is 17.0 Å². The normalized spacial score (nSPS) is 20.0. The number of nitrogens with zero attached hydrogens (tertiary/aromatic N) is 5. The van der Waals surface area contributed by atoms with Crippen LogP contribution in [0.25, 0.3) is 0 Å². The second-order valence-corrected chi connectivity index (χ2v) is 7.23. The summed E-state index contributed by atoms with van der Waals surface area (Å²) in [4.78, 5) is 14.5. The second kappa shape index (κ2) is 11.3. The fourth-order valence-electron chi connectivity index (χ4n) is 3.66. The molecule has 1 atom stereocenters. The van der Waals surface area contributed by atoms with Crippen LogP contribution in [-0.4, -0.2) is 92.5 Å². The van der Waals surface area contributed by atoms with Crippen LogP contribution in [0.15, 0.2) is 23.3 Å². The number of hydrogen-bond acceptors (Lipinski definition) is 5. The van der Waals surface area contributed by atoms with Crippen molar-refractivity contribution >= 4 is 35.8 Å². The van der Waals surface area contributed by atoms with Crippen molar-refractivity contribution in [1.29, 1.82) is 0 Å². The number of rotatable bonds is 4. The molecule has 1 aromatic heterocycles. The van der Waals surface area contributed by atoms with E-state index < -0.39 is 12.2 Å². The number of piperazine rings is 1. The molecule has 0 bridgehead atoms. The summed E-state index contributed by atoms with van der Waals surface area (Å²) in [6.07, 6.45) is -2.41. The molecule has 0 aliphatic carbocycles. The van der Waals surface area contributed by atoms with Gasteiger partial charge >= 0.3 is 6.18 Å². The van der Waals surface area contributed by atoms with Crippen LogP contribution in [0.5, 0.6) is 0 Å². The molecule has 1 unspecified atom stereocenters. The minimum absolute atomic E-state index is 0. The number of aromatic nitrogens is 1. The summed E-state index contributed by atoms with van der Waals surface area (Å²) in [7, 11) is 1.69. The zero-order valence-electron chi connectivity index (χ0n) is 17.4. The average Bonchev–Trinajstić information content (AvgIpc) is 2.74. The summed E-state index contributed by atoms with van der Waals surface area (Å²) in [6.45, 7) is 6.46. The van der Waals surface area contributed by atoms with E-state index in [1.54, 1.807) is 13.2 Å². The Morgan fingerprint density at radius 2 is 1.87 bits per heavy atom. The van der Waals surface area contributed by atoms with Crippen LogP contribution >= 0.6 is 24.0 Å². The van der Waals surface area contributed by atoms with Gasteiger partial charge in [-0.3, -0.25) is 9.89 Å². The predicted molar refractivity (Wildman–Crippen MR) is 122 cm³/mol. The van der Waals surface area contributed by atoms with Gasteiger partial charge in [-0.1, -0.05) is 6.07 Å². The molecule has 30 heavy (non-hydrogen) atoms. The molecule has 3 heterocycles. The Hall–Kier alpha value is -1.34. The van der Waals surface area contributed by atoms with Gasteiger partial charge in [0.1, 0.15) is 11.9 Å². The molecule has 3 rings (SSSR count). The summed E-state index contributed by atoms with van der Waals surface area (Å²) < 4.78 is 44.3. The number of halogens is 4. The molecule has 0 amide bonds. The minimum atomic E-state index is -4.20. The number of aliphatic imine (C=N–C) groups is 1. The maximum Gasteiger partial charge on any atom is 0.403 e. The minimum Gasteiger partial charge on any atom is -0.378 e. The quantitative estimate of drug-likeness (QED) is 0.358. The van der Waals surface area contributed by atoms with Crippen LogP contribution in [0.1, 0.15) is 12.5 Å². The molecule has 7 nitrogen and oxygen atoms in total. The van der Waals surface area contributed by atoms with Crippen LogP contribution in [0.4, 0.5) is 19.0 Å². The third-order valence-corrected chi connectivity index (χ3v) is 5.46. The van der Waals surface area contributed by atoms with E-state index in [2.05, 4.69) is 20.2 Å². The highest BCUT2D eigenvalue weighted by molar-refractivity contribution is 14.0. The number of alkyl halides is 3. The summed E-state index contributed by atoms with van der Waals surface area (Å²) >= 11 is 0. The van der Waals surface area contributed by atoms with Crippen molar-refractivity contribution in [3.8, 4) is 0 Å². The van der Waals surface area contributed by atoms with Gasteiger partial charge in [0, 0.05) is 64.6 Å². The number of nitrogens with one attached hydrogen (secondary N) is 1. The van der Waals surface area contributed by atoms with Crippen molar-refractivity contribution in [1.82, 2.24) is 20.1 Å². The first-order chi connectivity index (χ1) is 13.9. The van der Waals surface area contributed by atoms with Gasteiger partial charge in [-0.2, -0.15) is 13.2 Å². The Morgan fingerprint density at radius 1 is 1.20 bits per heavy atom. The van der Waals surface area contributed by atoms with E-state index in [4.69, 9.17) is 4.74 Å². The van der Waals surface area contributed by atoms with Gasteiger partial charge in [0.2, 0.25) is 0 Å². The molecule has 11 heteroatoms. The largest absolute Gasteiger partial charge is 0.403 e. The molecule has 0 aromatic carbocycles. The van der Waals surface area contributed by atoms with Crippen LogP contribution in [0, 0.1) is 0 Å². The predicted octanol–water partition coefficient (Wildman–Crippen LogP) is 2.18. The van der Waals surface area contributed by atoms with E-state index >= 15 is 0 Å². The van der Waals surface area contributed by atoms with Crippen LogP contribution in [0.2, 0.25) is 0 Å². The van der Waals surface area contributed by atoms with E-state index in [-0.39, 0.29) is 24.0 Å². The average molecular weight is 542 g/mol. The Kier molecular flexibility index (Phi) is 9.41. The third-order valence-electron chi connectivity index (χ3n) is 5.46. The molecule has 0 spiro atoms. The first-order valence-corrected chi connectivity index (χ1v) is 9.93. The lowest BCUT2D eigenvalue weighted by molar-refractivity contribution is -0.181. The van der Waals surface area contributed by atoms with E-state index in [9.17, 15) is 13.2 Å². The lowest BCUT2D eigenvalue weighted by Crippen LogP contribution is -2.56. The van der Waals surface area contributed by atoms with Crippen molar-refractivity contribution in [2.75, 3.05) is 64.4 Å². The van der Waals surface area contributed by atoms with Crippen molar-refractivity contribution in [2.45, 2.75) is 25.7 Å². The van der Waals surface area contributed by atoms with Gasteiger partial charge < -0.3 is 19.9 Å². The highest BCUT2D eigenvalue weighted by Crippen LogP contribution is 2.25. The number of pyridine rings is 1. The molecule has 2 aliphatic heterocycles. The fourth-order valence-corrected chi connectivity index (χ4v) is 3.66. The van der Waals surface area contributed by atoms with Crippen LogP contribution in [-0.2, 0) is 11.3 Å². The third kappa shape index (κ3) is 6.33. The summed E-state index contributed by atoms with van der Waals surface area (Å²) in [5, 5.41) is 3.35. The highest BCUT2D eigenvalue weighted by Gasteiger charge is 2.41. The van der Waals surface area contributed by atoms with Gasteiger partial charge in [-0.05, 0) is 13.0 Å². The lowest BCUT2D eigenvalue weighted by atomic mass is 10.2. The Balaban J connectivity index is 0.00000320. The Bertz CT molecular complexity index is 691. The van der Waals surface area contributed by atoms with Gasteiger partial charge in [0.15, 0.2) is 5.96 Å². The summed E-state index contributed by atoms with van der Waals surface area (Å²) in [6, 6.07) is 2.51. The zero-order chi connectivity index (χ0) is 20.9. The zero-order valence-corrected chi connectivity index (χ0v) is 19.7. The topological polar surface area (TPSA) is 56.2 Å². The SMILES string of the molecule is CN=C(NCc1cccnc1N1CCOCC1)N1CCN(C(C)C(F)(F)F)CC1.I. The Labute approximate surface area is 192 Å². The summed E-state index contributed by atoms with van der Waals surface area (Å²) in [5.74, 6) is 1.63.